The number of rotatable bonds is 2. The van der Waals surface area contributed by atoms with E-state index >= 15 is 0 Å². The zero-order chi connectivity index (χ0) is 18.8. The van der Waals surface area contributed by atoms with Crippen LogP contribution in [0.3, 0.4) is 0 Å². The quantitative estimate of drug-likeness (QED) is 0.874. The Morgan fingerprint density at radius 1 is 1.36 bits per heavy atom. The smallest absolute Gasteiger partial charge is 0.433 e. The number of carbonyl (C=O) groups excluding carboxylic acids is 1. The Bertz CT molecular complexity index is 616. The molecule has 0 saturated carbocycles. The molecule has 1 N–H and O–H groups in total. The average molecular weight is 360 g/mol. The van der Waals surface area contributed by atoms with Gasteiger partial charge in [0.25, 0.3) is 0 Å². The number of alkyl halides is 3. The fourth-order valence-corrected chi connectivity index (χ4v) is 2.50. The van der Waals surface area contributed by atoms with Crippen LogP contribution in [0.2, 0.25) is 0 Å². The second-order valence-corrected chi connectivity index (χ2v) is 7.21. The highest BCUT2D eigenvalue weighted by molar-refractivity contribution is 5.68. The van der Waals surface area contributed by atoms with Crippen LogP contribution in [-0.2, 0) is 10.9 Å². The largest absolute Gasteiger partial charge is 0.444 e. The number of halogens is 3. The molecule has 2 heterocycles. The Kier molecular flexibility index (Phi) is 5.43. The maximum Gasteiger partial charge on any atom is 0.433 e. The topological polar surface area (TPSA) is 67.3 Å². The number of carbonyl (C=O) groups is 1. The van der Waals surface area contributed by atoms with Gasteiger partial charge in [-0.3, -0.25) is 0 Å². The van der Waals surface area contributed by atoms with Crippen LogP contribution in [0.1, 0.15) is 39.8 Å². The van der Waals surface area contributed by atoms with Gasteiger partial charge in [0.05, 0.1) is 0 Å². The lowest BCUT2D eigenvalue weighted by molar-refractivity contribution is -0.141. The van der Waals surface area contributed by atoms with E-state index in [0.717, 1.165) is 12.3 Å². The molecule has 0 aromatic carbocycles. The van der Waals surface area contributed by atoms with Gasteiger partial charge in [-0.05, 0) is 39.2 Å². The minimum atomic E-state index is -4.53. The van der Waals surface area contributed by atoms with Crippen LogP contribution in [0.4, 0.5) is 23.9 Å². The number of ether oxygens (including phenoxy) is 1. The summed E-state index contributed by atoms with van der Waals surface area (Å²) in [6.45, 7) is 8.17. The van der Waals surface area contributed by atoms with E-state index in [0.29, 0.717) is 19.5 Å². The molecule has 25 heavy (non-hydrogen) atoms. The molecule has 2 atom stereocenters. The molecule has 6 nitrogen and oxygen atoms in total. The van der Waals surface area contributed by atoms with E-state index in [2.05, 4.69) is 15.3 Å². The standard InChI is InChI=1S/C16H23F3N4O2/c1-10-6-8-23(14(24)25-15(2,3)4)9-11(10)21-13-20-7-5-12(22-13)16(17,18)19/h5,7,10-11H,6,8-9H2,1-4H3,(H,20,21,22). The third-order valence-corrected chi connectivity index (χ3v) is 3.87. The molecule has 1 aromatic rings. The first-order chi connectivity index (χ1) is 11.5. The Balaban J connectivity index is 2.07. The maximum atomic E-state index is 12.8. The highest BCUT2D eigenvalue weighted by Crippen LogP contribution is 2.28. The summed E-state index contributed by atoms with van der Waals surface area (Å²) in [7, 11) is 0. The zero-order valence-electron chi connectivity index (χ0n) is 14.7. The third-order valence-electron chi connectivity index (χ3n) is 3.87. The zero-order valence-corrected chi connectivity index (χ0v) is 14.7. The summed E-state index contributed by atoms with van der Waals surface area (Å²) < 4.78 is 43.6. The predicted molar refractivity (Wildman–Crippen MR) is 86.0 cm³/mol. The normalized spacial score (nSPS) is 21.8. The van der Waals surface area contributed by atoms with E-state index < -0.39 is 23.6 Å². The van der Waals surface area contributed by atoms with Crippen molar-refractivity contribution < 1.29 is 22.7 Å². The highest BCUT2D eigenvalue weighted by Gasteiger charge is 2.34. The van der Waals surface area contributed by atoms with Gasteiger partial charge in [0.15, 0.2) is 0 Å². The van der Waals surface area contributed by atoms with Gasteiger partial charge in [0.1, 0.15) is 11.3 Å². The Labute approximate surface area is 144 Å². The summed E-state index contributed by atoms with van der Waals surface area (Å²) in [5.41, 5.74) is -1.61. The Hall–Kier alpha value is -2.06. The van der Waals surface area contributed by atoms with Crippen LogP contribution in [0.15, 0.2) is 12.3 Å². The van der Waals surface area contributed by atoms with Crippen molar-refractivity contribution in [2.24, 2.45) is 5.92 Å². The van der Waals surface area contributed by atoms with Crippen molar-refractivity contribution in [2.75, 3.05) is 18.4 Å². The van der Waals surface area contributed by atoms with Crippen molar-refractivity contribution >= 4 is 12.0 Å². The van der Waals surface area contributed by atoms with Crippen LogP contribution in [0.5, 0.6) is 0 Å². The number of amides is 1. The van der Waals surface area contributed by atoms with Crippen molar-refractivity contribution in [3.63, 3.8) is 0 Å². The van der Waals surface area contributed by atoms with E-state index in [-0.39, 0.29) is 17.9 Å². The van der Waals surface area contributed by atoms with Gasteiger partial charge in [0, 0.05) is 25.3 Å². The number of hydrogen-bond acceptors (Lipinski definition) is 5. The maximum absolute atomic E-state index is 12.8. The van der Waals surface area contributed by atoms with Crippen LogP contribution in [-0.4, -0.2) is 45.7 Å². The van der Waals surface area contributed by atoms with Crippen molar-refractivity contribution in [3.05, 3.63) is 18.0 Å². The Morgan fingerprint density at radius 3 is 2.64 bits per heavy atom. The van der Waals surface area contributed by atoms with Gasteiger partial charge < -0.3 is 15.0 Å². The first-order valence-electron chi connectivity index (χ1n) is 8.10. The fourth-order valence-electron chi connectivity index (χ4n) is 2.50. The lowest BCUT2D eigenvalue weighted by Gasteiger charge is -2.38. The second-order valence-electron chi connectivity index (χ2n) is 7.21. The summed E-state index contributed by atoms with van der Waals surface area (Å²) in [5, 5.41) is 2.92. The minimum absolute atomic E-state index is 0.0993. The van der Waals surface area contributed by atoms with Crippen LogP contribution < -0.4 is 5.32 Å². The van der Waals surface area contributed by atoms with E-state index in [4.69, 9.17) is 4.74 Å². The molecule has 9 heteroatoms. The molecule has 1 amide bonds. The van der Waals surface area contributed by atoms with Crippen molar-refractivity contribution in [1.82, 2.24) is 14.9 Å². The molecule has 0 radical (unpaired) electrons. The number of likely N-dealkylation sites (tertiary alicyclic amines) is 1. The first kappa shape index (κ1) is 19.3. The molecule has 2 unspecified atom stereocenters. The molecule has 0 aliphatic carbocycles. The van der Waals surface area contributed by atoms with Gasteiger partial charge in [-0.2, -0.15) is 13.2 Å². The van der Waals surface area contributed by atoms with Crippen LogP contribution >= 0.6 is 0 Å². The number of hydrogen-bond donors (Lipinski definition) is 1. The number of anilines is 1. The molecule has 0 spiro atoms. The van der Waals surface area contributed by atoms with Crippen LogP contribution in [0.25, 0.3) is 0 Å². The van der Waals surface area contributed by atoms with E-state index in [1.54, 1.807) is 25.7 Å². The van der Waals surface area contributed by atoms with Gasteiger partial charge in [-0.15, -0.1) is 0 Å². The minimum Gasteiger partial charge on any atom is -0.444 e. The van der Waals surface area contributed by atoms with Crippen molar-refractivity contribution in [1.29, 1.82) is 0 Å². The fraction of sp³-hybridized carbons (Fsp3) is 0.688. The summed E-state index contributed by atoms with van der Waals surface area (Å²) in [6.07, 6.45) is -3.19. The lowest BCUT2D eigenvalue weighted by atomic mass is 9.94. The number of nitrogens with zero attached hydrogens (tertiary/aromatic N) is 3. The average Bonchev–Trinajstić information content (AvgIpc) is 2.47. The van der Waals surface area contributed by atoms with Crippen molar-refractivity contribution in [3.8, 4) is 0 Å². The Morgan fingerprint density at radius 2 is 2.04 bits per heavy atom. The molecular formula is C16H23F3N4O2. The number of nitrogens with one attached hydrogen (secondary N) is 1. The van der Waals surface area contributed by atoms with E-state index in [1.807, 2.05) is 6.92 Å². The molecule has 1 aromatic heterocycles. The van der Waals surface area contributed by atoms with Gasteiger partial charge >= 0.3 is 12.3 Å². The van der Waals surface area contributed by atoms with Gasteiger partial charge in [-0.1, -0.05) is 6.92 Å². The highest BCUT2D eigenvalue weighted by atomic mass is 19.4. The lowest BCUT2D eigenvalue weighted by Crippen LogP contribution is -2.50. The van der Waals surface area contributed by atoms with Gasteiger partial charge in [0.2, 0.25) is 5.95 Å². The molecule has 1 fully saturated rings. The second kappa shape index (κ2) is 7.05. The SMILES string of the molecule is CC1CCN(C(=O)OC(C)(C)C)CC1Nc1nccc(C(F)(F)F)n1. The van der Waals surface area contributed by atoms with Crippen LogP contribution in [0, 0.1) is 5.92 Å². The molecule has 2 rings (SSSR count). The van der Waals surface area contributed by atoms with E-state index in [9.17, 15) is 18.0 Å². The number of aromatic nitrogens is 2. The summed E-state index contributed by atoms with van der Waals surface area (Å²) >= 11 is 0. The number of piperidine rings is 1. The monoisotopic (exact) mass is 360 g/mol. The third kappa shape index (κ3) is 5.47. The van der Waals surface area contributed by atoms with Crippen molar-refractivity contribution in [2.45, 2.75) is 51.9 Å². The summed E-state index contributed by atoms with van der Waals surface area (Å²) in [4.78, 5) is 21.1. The molecule has 1 aliphatic rings. The van der Waals surface area contributed by atoms with Gasteiger partial charge in [-0.25, -0.2) is 14.8 Å². The summed E-state index contributed by atoms with van der Waals surface area (Å²) in [5.74, 6) is 0.0505. The molecular weight excluding hydrogens is 337 g/mol. The molecule has 1 aliphatic heterocycles. The molecule has 0 bridgehead atoms. The molecule has 1 saturated heterocycles. The predicted octanol–water partition coefficient (Wildman–Crippen LogP) is 3.55. The van der Waals surface area contributed by atoms with E-state index in [1.165, 1.54) is 0 Å². The summed E-state index contributed by atoms with van der Waals surface area (Å²) in [6, 6.07) is 0.562. The first-order valence-corrected chi connectivity index (χ1v) is 8.10. The molecule has 140 valence electrons.